The molecule has 0 amide bonds. The van der Waals surface area contributed by atoms with Gasteiger partial charge in [-0.15, -0.1) is 5.73 Å². The van der Waals surface area contributed by atoms with Crippen LogP contribution in [0, 0.1) is 0 Å². The average Bonchev–Trinajstić information content (AvgIpc) is 2.75. The monoisotopic (exact) mass is 388 g/mol. The third kappa shape index (κ3) is 5.36. The third-order valence-corrected chi connectivity index (χ3v) is 5.12. The number of aliphatic hydroxyl groups is 2. The van der Waals surface area contributed by atoms with E-state index in [4.69, 9.17) is 0 Å². The van der Waals surface area contributed by atoms with Gasteiger partial charge in [0.05, 0.1) is 12.2 Å². The minimum Gasteiger partial charge on any atom is -0.507 e. The largest absolute Gasteiger partial charge is 0.507 e. The molecule has 0 radical (unpaired) electrons. The van der Waals surface area contributed by atoms with Crippen LogP contribution in [-0.4, -0.2) is 15.3 Å². The highest BCUT2D eigenvalue weighted by molar-refractivity contribution is 5.91. The summed E-state index contributed by atoms with van der Waals surface area (Å²) in [5, 5.41) is 32.8. The first-order chi connectivity index (χ1) is 14.1. The van der Waals surface area contributed by atoms with E-state index in [1.54, 1.807) is 12.1 Å². The Kier molecular flexibility index (Phi) is 7.26. The van der Waals surface area contributed by atoms with Crippen molar-refractivity contribution in [2.24, 2.45) is 0 Å². The zero-order chi connectivity index (χ0) is 20.6. The molecule has 0 fully saturated rings. The molecule has 3 N–H and O–H groups in total. The summed E-state index contributed by atoms with van der Waals surface area (Å²) in [5.41, 5.74) is 6.04. The summed E-state index contributed by atoms with van der Waals surface area (Å²) in [6, 6.07) is 20.6. The van der Waals surface area contributed by atoms with Crippen LogP contribution < -0.4 is 0 Å². The summed E-state index contributed by atoms with van der Waals surface area (Å²) in [6.07, 6.45) is 3.41. The Morgan fingerprint density at radius 3 is 2.31 bits per heavy atom. The first-order valence-corrected chi connectivity index (χ1v) is 10.1. The molecule has 3 rings (SSSR count). The number of fused-ring (bicyclic) bond motifs is 1. The Bertz CT molecular complexity index is 1000. The van der Waals surface area contributed by atoms with Crippen LogP contribution in [0.5, 0.6) is 5.75 Å². The molecule has 29 heavy (non-hydrogen) atoms. The molecule has 0 saturated heterocycles. The zero-order valence-electron chi connectivity index (χ0n) is 16.8. The standard InChI is InChI=1S/C26H28O3/c1-2-9-19(18-26(29)20-11-4-3-5-12-20)10-8-15-24(27)23-16-17-25(28)22-14-7-6-13-21(22)23/h3-8,11-14,16-17,24,26-29H,2,9,15,18H2,1H3/t10?,24-,26-/m1/s1. The van der Waals surface area contributed by atoms with Gasteiger partial charge in [-0.1, -0.05) is 74.0 Å². The molecule has 0 aromatic heterocycles. The first-order valence-electron chi connectivity index (χ1n) is 10.1. The lowest BCUT2D eigenvalue weighted by atomic mass is 9.97. The van der Waals surface area contributed by atoms with Gasteiger partial charge in [0.25, 0.3) is 0 Å². The highest BCUT2D eigenvalue weighted by Gasteiger charge is 2.12. The summed E-state index contributed by atoms with van der Waals surface area (Å²) in [7, 11) is 0. The van der Waals surface area contributed by atoms with Gasteiger partial charge in [-0.3, -0.25) is 0 Å². The van der Waals surface area contributed by atoms with Crippen LogP contribution in [0.4, 0.5) is 0 Å². The fourth-order valence-electron chi connectivity index (χ4n) is 3.60. The first kappa shape index (κ1) is 20.9. The zero-order valence-corrected chi connectivity index (χ0v) is 16.8. The predicted molar refractivity (Wildman–Crippen MR) is 118 cm³/mol. The van der Waals surface area contributed by atoms with Gasteiger partial charge in [0.1, 0.15) is 5.75 Å². The fraction of sp³-hybridized carbons (Fsp3) is 0.269. The molecule has 3 aromatic carbocycles. The van der Waals surface area contributed by atoms with Crippen LogP contribution in [0.3, 0.4) is 0 Å². The lowest BCUT2D eigenvalue weighted by Crippen LogP contribution is -1.99. The van der Waals surface area contributed by atoms with E-state index >= 15 is 0 Å². The molecule has 0 aliphatic rings. The molecule has 0 aliphatic heterocycles. The summed E-state index contributed by atoms with van der Waals surface area (Å²) in [5.74, 6) is 0.215. The lowest BCUT2D eigenvalue weighted by Gasteiger charge is -2.13. The number of benzene rings is 3. The number of rotatable bonds is 8. The molecule has 3 nitrogen and oxygen atoms in total. The molecular formula is C26H28O3. The number of hydrogen-bond acceptors (Lipinski definition) is 3. The van der Waals surface area contributed by atoms with E-state index in [0.29, 0.717) is 12.8 Å². The van der Waals surface area contributed by atoms with E-state index in [1.807, 2.05) is 60.7 Å². The Hall–Kier alpha value is -2.84. The Labute approximate surface area is 172 Å². The van der Waals surface area contributed by atoms with Crippen molar-refractivity contribution in [3.8, 4) is 5.75 Å². The molecule has 2 atom stereocenters. The maximum Gasteiger partial charge on any atom is 0.123 e. The van der Waals surface area contributed by atoms with Gasteiger partial charge in [0, 0.05) is 18.2 Å². The van der Waals surface area contributed by atoms with Crippen LogP contribution in [0.15, 0.2) is 84.1 Å². The lowest BCUT2D eigenvalue weighted by molar-refractivity contribution is 0.177. The van der Waals surface area contributed by atoms with E-state index in [9.17, 15) is 15.3 Å². The van der Waals surface area contributed by atoms with Gasteiger partial charge in [0.2, 0.25) is 0 Å². The van der Waals surface area contributed by atoms with Gasteiger partial charge in [-0.25, -0.2) is 0 Å². The SMILES string of the molecule is CCCC(=C=CC[C@@H](O)c1ccc(O)c2ccccc12)C[C@@H](O)c1ccccc1. The van der Waals surface area contributed by atoms with Crippen LogP contribution in [0.25, 0.3) is 10.8 Å². The van der Waals surface area contributed by atoms with Crippen molar-refractivity contribution in [3.63, 3.8) is 0 Å². The van der Waals surface area contributed by atoms with Crippen LogP contribution in [-0.2, 0) is 0 Å². The van der Waals surface area contributed by atoms with Crippen molar-refractivity contribution in [2.45, 2.75) is 44.8 Å². The highest BCUT2D eigenvalue weighted by Crippen LogP contribution is 2.32. The van der Waals surface area contributed by atoms with E-state index < -0.39 is 12.2 Å². The molecule has 0 saturated carbocycles. The molecule has 150 valence electrons. The summed E-state index contributed by atoms with van der Waals surface area (Å²) in [6.45, 7) is 2.11. The number of aliphatic hydroxyl groups excluding tert-OH is 2. The van der Waals surface area contributed by atoms with E-state index in [2.05, 4.69) is 12.7 Å². The minimum atomic E-state index is -0.685. The molecule has 0 spiro atoms. The van der Waals surface area contributed by atoms with Gasteiger partial charge < -0.3 is 15.3 Å². The Morgan fingerprint density at radius 1 is 0.897 bits per heavy atom. The van der Waals surface area contributed by atoms with Crippen molar-refractivity contribution in [1.82, 2.24) is 0 Å². The Morgan fingerprint density at radius 2 is 1.59 bits per heavy atom. The topological polar surface area (TPSA) is 60.7 Å². The van der Waals surface area contributed by atoms with Crippen molar-refractivity contribution in [1.29, 1.82) is 0 Å². The summed E-state index contributed by atoms with van der Waals surface area (Å²) >= 11 is 0. The van der Waals surface area contributed by atoms with E-state index in [0.717, 1.165) is 40.3 Å². The Balaban J connectivity index is 1.76. The van der Waals surface area contributed by atoms with Crippen molar-refractivity contribution in [3.05, 3.63) is 95.2 Å². The van der Waals surface area contributed by atoms with Gasteiger partial charge in [-0.2, -0.15) is 0 Å². The molecular weight excluding hydrogens is 360 g/mol. The van der Waals surface area contributed by atoms with Crippen LogP contribution in [0.2, 0.25) is 0 Å². The van der Waals surface area contributed by atoms with Gasteiger partial charge in [-0.05, 0) is 40.6 Å². The minimum absolute atomic E-state index is 0.215. The van der Waals surface area contributed by atoms with Crippen molar-refractivity contribution >= 4 is 10.8 Å². The van der Waals surface area contributed by atoms with E-state index in [1.165, 1.54) is 0 Å². The average molecular weight is 389 g/mol. The second kappa shape index (κ2) is 10.1. The smallest absolute Gasteiger partial charge is 0.123 e. The van der Waals surface area contributed by atoms with Crippen molar-refractivity contribution < 1.29 is 15.3 Å². The number of phenols is 1. The number of hydrogen-bond donors (Lipinski definition) is 3. The fourth-order valence-corrected chi connectivity index (χ4v) is 3.60. The van der Waals surface area contributed by atoms with Gasteiger partial charge in [0.15, 0.2) is 0 Å². The number of aromatic hydroxyl groups is 1. The third-order valence-electron chi connectivity index (χ3n) is 5.12. The normalized spacial score (nSPS) is 12.9. The van der Waals surface area contributed by atoms with E-state index in [-0.39, 0.29) is 5.75 Å². The highest BCUT2D eigenvalue weighted by atomic mass is 16.3. The second-order valence-electron chi connectivity index (χ2n) is 7.30. The summed E-state index contributed by atoms with van der Waals surface area (Å²) < 4.78 is 0. The van der Waals surface area contributed by atoms with Gasteiger partial charge >= 0.3 is 0 Å². The molecule has 0 unspecified atom stereocenters. The molecule has 3 heteroatoms. The maximum atomic E-state index is 10.7. The molecule has 0 bridgehead atoms. The second-order valence-corrected chi connectivity index (χ2v) is 7.30. The number of phenolic OH excluding ortho intramolecular Hbond substituents is 1. The van der Waals surface area contributed by atoms with Crippen LogP contribution >= 0.6 is 0 Å². The summed E-state index contributed by atoms with van der Waals surface area (Å²) in [4.78, 5) is 0. The predicted octanol–water partition coefficient (Wildman–Crippen LogP) is 5.97. The quantitative estimate of drug-likeness (QED) is 0.416. The molecule has 0 aliphatic carbocycles. The maximum absolute atomic E-state index is 10.7. The van der Waals surface area contributed by atoms with Crippen LogP contribution in [0.1, 0.15) is 55.9 Å². The molecule has 0 heterocycles. The molecule has 3 aromatic rings. The van der Waals surface area contributed by atoms with Crippen molar-refractivity contribution in [2.75, 3.05) is 0 Å².